The Labute approximate surface area is 176 Å². The number of carbonyl (C=O) groups excluding carboxylic acids is 2. The Hall–Kier alpha value is -2.41. The molecule has 0 radical (unpaired) electrons. The molecule has 2 aromatic rings. The molecule has 0 unspecified atom stereocenters. The lowest BCUT2D eigenvalue weighted by atomic mass is 9.82. The summed E-state index contributed by atoms with van der Waals surface area (Å²) in [5, 5.41) is 0. The van der Waals surface area contributed by atoms with E-state index < -0.39 is 5.97 Å². The number of pyridine rings is 1. The Balaban J connectivity index is 2.01. The summed E-state index contributed by atoms with van der Waals surface area (Å²) < 4.78 is 5.01. The van der Waals surface area contributed by atoms with E-state index in [-0.39, 0.29) is 17.9 Å². The van der Waals surface area contributed by atoms with E-state index in [0.717, 1.165) is 36.1 Å². The number of carbonyl (C=O) groups is 2. The number of amides is 1. The van der Waals surface area contributed by atoms with Crippen LogP contribution in [0.5, 0.6) is 0 Å². The lowest BCUT2D eigenvalue weighted by Gasteiger charge is -2.33. The zero-order valence-electron chi connectivity index (χ0n) is 17.5. The first-order chi connectivity index (χ1) is 13.8. The van der Waals surface area contributed by atoms with E-state index in [0.29, 0.717) is 22.3 Å². The predicted molar refractivity (Wildman–Crippen MR) is 117 cm³/mol. The highest BCUT2D eigenvalue weighted by molar-refractivity contribution is 7.18. The minimum Gasteiger partial charge on any atom is -0.465 e. The van der Waals surface area contributed by atoms with Crippen molar-refractivity contribution in [3.8, 4) is 10.4 Å². The third-order valence-corrected chi connectivity index (χ3v) is 6.69. The summed E-state index contributed by atoms with van der Waals surface area (Å²) >= 11 is 1.31. The number of thiophene rings is 1. The molecule has 0 aliphatic heterocycles. The number of rotatable bonds is 5. The van der Waals surface area contributed by atoms with Crippen LogP contribution in [0.3, 0.4) is 0 Å². The number of methoxy groups -OCH3 is 1. The summed E-state index contributed by atoms with van der Waals surface area (Å²) in [6, 6.07) is 5.41. The fourth-order valence-corrected chi connectivity index (χ4v) is 4.91. The number of aromatic nitrogens is 1. The number of nitrogens with zero attached hydrogens (tertiary/aromatic N) is 2. The quantitative estimate of drug-likeness (QED) is 0.713. The van der Waals surface area contributed by atoms with Gasteiger partial charge in [-0.1, -0.05) is 6.92 Å². The minimum atomic E-state index is -0.435. The van der Waals surface area contributed by atoms with Crippen molar-refractivity contribution in [3.05, 3.63) is 29.3 Å². The van der Waals surface area contributed by atoms with Crippen LogP contribution in [0, 0.1) is 11.8 Å². The van der Waals surface area contributed by atoms with Crippen LogP contribution in [-0.4, -0.2) is 30.0 Å². The topological polar surface area (TPSA) is 85.5 Å². The van der Waals surface area contributed by atoms with Gasteiger partial charge in [-0.05, 0) is 63.6 Å². The normalized spacial score (nSPS) is 19.2. The SMILES string of the molecule is COC(=O)c1sc(-c2ccc(N)nc2)cc1N(C(=O)C1CCC(C)CC1)C(C)C. The van der Waals surface area contributed by atoms with E-state index in [4.69, 9.17) is 10.5 Å². The van der Waals surface area contributed by atoms with Gasteiger partial charge in [0.2, 0.25) is 5.91 Å². The molecule has 1 fully saturated rings. The molecule has 1 aliphatic carbocycles. The van der Waals surface area contributed by atoms with Crippen LogP contribution < -0.4 is 10.6 Å². The van der Waals surface area contributed by atoms with Gasteiger partial charge in [-0.25, -0.2) is 9.78 Å². The summed E-state index contributed by atoms with van der Waals surface area (Å²) in [6.07, 6.45) is 5.61. The van der Waals surface area contributed by atoms with E-state index in [1.54, 1.807) is 17.2 Å². The average molecular weight is 416 g/mol. The van der Waals surface area contributed by atoms with E-state index in [2.05, 4.69) is 11.9 Å². The Morgan fingerprint density at radius 1 is 1.24 bits per heavy atom. The smallest absolute Gasteiger partial charge is 0.350 e. The number of esters is 1. The number of nitrogen functional groups attached to an aromatic ring is 1. The highest BCUT2D eigenvalue weighted by atomic mass is 32.1. The molecule has 0 saturated heterocycles. The second-order valence-electron chi connectivity index (χ2n) is 8.05. The van der Waals surface area contributed by atoms with Gasteiger partial charge in [-0.15, -0.1) is 11.3 Å². The van der Waals surface area contributed by atoms with E-state index in [1.807, 2.05) is 26.0 Å². The number of nitrogens with two attached hydrogens (primary N) is 1. The first kappa shape index (κ1) is 21.3. The molecule has 2 aromatic heterocycles. The van der Waals surface area contributed by atoms with Crippen LogP contribution >= 0.6 is 11.3 Å². The van der Waals surface area contributed by atoms with Crippen LogP contribution in [0.4, 0.5) is 11.5 Å². The molecule has 0 spiro atoms. The monoisotopic (exact) mass is 415 g/mol. The van der Waals surface area contributed by atoms with Gasteiger partial charge in [0.15, 0.2) is 0 Å². The Morgan fingerprint density at radius 3 is 2.48 bits per heavy atom. The number of ether oxygens (including phenoxy) is 1. The first-order valence-corrected chi connectivity index (χ1v) is 10.9. The highest BCUT2D eigenvalue weighted by Gasteiger charge is 2.33. The maximum absolute atomic E-state index is 13.4. The third-order valence-electron chi connectivity index (χ3n) is 5.53. The molecule has 1 amide bonds. The maximum Gasteiger partial charge on any atom is 0.350 e. The molecule has 3 rings (SSSR count). The van der Waals surface area contributed by atoms with Gasteiger partial charge in [0.1, 0.15) is 10.7 Å². The summed E-state index contributed by atoms with van der Waals surface area (Å²) in [6.45, 7) is 6.20. The predicted octanol–water partition coefficient (Wildman–Crippen LogP) is 4.75. The van der Waals surface area contributed by atoms with Crippen molar-refractivity contribution in [1.29, 1.82) is 0 Å². The van der Waals surface area contributed by atoms with Gasteiger partial charge in [0, 0.05) is 28.6 Å². The van der Waals surface area contributed by atoms with Crippen LogP contribution in [-0.2, 0) is 9.53 Å². The largest absolute Gasteiger partial charge is 0.465 e. The zero-order chi connectivity index (χ0) is 21.1. The van der Waals surface area contributed by atoms with Gasteiger partial charge in [-0.3, -0.25) is 4.79 Å². The summed E-state index contributed by atoms with van der Waals surface area (Å²) in [7, 11) is 1.36. The van der Waals surface area contributed by atoms with Gasteiger partial charge in [-0.2, -0.15) is 0 Å². The molecule has 6 nitrogen and oxygen atoms in total. The molecule has 156 valence electrons. The molecular weight excluding hydrogens is 386 g/mol. The van der Waals surface area contributed by atoms with E-state index in [9.17, 15) is 9.59 Å². The molecular formula is C22H29N3O3S. The van der Waals surface area contributed by atoms with Crippen molar-refractivity contribution in [1.82, 2.24) is 4.98 Å². The molecule has 1 aliphatic rings. The molecule has 1 saturated carbocycles. The van der Waals surface area contributed by atoms with Gasteiger partial charge in [0.25, 0.3) is 0 Å². The van der Waals surface area contributed by atoms with Crippen molar-refractivity contribution in [2.24, 2.45) is 11.8 Å². The van der Waals surface area contributed by atoms with Crippen molar-refractivity contribution >= 4 is 34.7 Å². The Bertz CT molecular complexity index is 868. The molecule has 0 bridgehead atoms. The zero-order valence-corrected chi connectivity index (χ0v) is 18.3. The van der Waals surface area contributed by atoms with Crippen molar-refractivity contribution in [2.75, 3.05) is 17.7 Å². The lowest BCUT2D eigenvalue weighted by molar-refractivity contribution is -0.123. The summed E-state index contributed by atoms with van der Waals surface area (Å²) in [5.74, 6) is 0.764. The fourth-order valence-electron chi connectivity index (χ4n) is 3.85. The van der Waals surface area contributed by atoms with E-state index in [1.165, 1.54) is 18.4 Å². The van der Waals surface area contributed by atoms with E-state index >= 15 is 0 Å². The number of hydrogen-bond donors (Lipinski definition) is 1. The van der Waals surface area contributed by atoms with Crippen molar-refractivity contribution < 1.29 is 14.3 Å². The standard InChI is InChI=1S/C22H29N3O3S/c1-13(2)25(21(26)15-7-5-14(3)6-8-15)17-11-18(29-20(17)22(27)28-4)16-9-10-19(23)24-12-16/h9-15H,5-8H2,1-4H3,(H2,23,24). The molecule has 29 heavy (non-hydrogen) atoms. The Kier molecular flexibility index (Phi) is 6.57. The maximum atomic E-state index is 13.4. The summed E-state index contributed by atoms with van der Waals surface area (Å²) in [5.41, 5.74) is 7.16. The Morgan fingerprint density at radius 2 is 1.93 bits per heavy atom. The summed E-state index contributed by atoms with van der Waals surface area (Å²) in [4.78, 5) is 33.2. The second kappa shape index (κ2) is 8.95. The first-order valence-electron chi connectivity index (χ1n) is 10.1. The van der Waals surface area contributed by atoms with Crippen molar-refractivity contribution in [2.45, 2.75) is 52.5 Å². The molecule has 7 heteroatoms. The molecule has 0 atom stereocenters. The number of hydrogen-bond acceptors (Lipinski definition) is 6. The fraction of sp³-hybridized carbons (Fsp3) is 0.500. The van der Waals surface area contributed by atoms with Crippen LogP contribution in [0.15, 0.2) is 24.4 Å². The van der Waals surface area contributed by atoms with Crippen LogP contribution in [0.25, 0.3) is 10.4 Å². The highest BCUT2D eigenvalue weighted by Crippen LogP contribution is 2.40. The minimum absolute atomic E-state index is 0.000590. The third kappa shape index (κ3) is 4.61. The number of anilines is 2. The van der Waals surface area contributed by atoms with Gasteiger partial charge in [0.05, 0.1) is 12.8 Å². The van der Waals surface area contributed by atoms with Crippen LogP contribution in [0.1, 0.15) is 56.1 Å². The molecule has 0 aromatic carbocycles. The molecule has 2 heterocycles. The van der Waals surface area contributed by atoms with Gasteiger partial charge < -0.3 is 15.4 Å². The second-order valence-corrected chi connectivity index (χ2v) is 9.10. The van der Waals surface area contributed by atoms with Crippen molar-refractivity contribution in [3.63, 3.8) is 0 Å². The molecule has 2 N–H and O–H groups in total. The average Bonchev–Trinajstić information content (AvgIpc) is 3.13. The van der Waals surface area contributed by atoms with Gasteiger partial charge >= 0.3 is 5.97 Å². The van der Waals surface area contributed by atoms with Crippen LogP contribution in [0.2, 0.25) is 0 Å². The lowest BCUT2D eigenvalue weighted by Crippen LogP contribution is -2.42.